The average Bonchev–Trinajstić information content (AvgIpc) is 3.22. The highest BCUT2D eigenvalue weighted by Crippen LogP contribution is 2.48. The van der Waals surface area contributed by atoms with Crippen molar-refractivity contribution >= 4 is 57.5 Å². The summed E-state index contributed by atoms with van der Waals surface area (Å²) in [6.07, 6.45) is 0.378. The summed E-state index contributed by atoms with van der Waals surface area (Å²) >= 11 is 13.6. The number of halogens is 2. The van der Waals surface area contributed by atoms with Crippen molar-refractivity contribution in [1.82, 2.24) is 15.3 Å². The number of nitrogens with one attached hydrogen (secondary N) is 2. The maximum atomic E-state index is 12.7. The molecule has 194 valence electrons. The van der Waals surface area contributed by atoms with Crippen molar-refractivity contribution in [3.63, 3.8) is 0 Å². The Balaban J connectivity index is 1.27. The van der Waals surface area contributed by atoms with Gasteiger partial charge in [0.05, 0.1) is 27.9 Å². The van der Waals surface area contributed by atoms with Gasteiger partial charge in [0.1, 0.15) is 10.6 Å². The number of H-pyrrole nitrogens is 1. The minimum atomic E-state index is -0.994. The van der Waals surface area contributed by atoms with Crippen molar-refractivity contribution in [3.8, 4) is 0 Å². The van der Waals surface area contributed by atoms with Gasteiger partial charge >= 0.3 is 11.9 Å². The average molecular weight is 563 g/mol. The molecule has 2 aromatic heterocycles. The molecule has 3 aromatic rings. The molecule has 37 heavy (non-hydrogen) atoms. The van der Waals surface area contributed by atoms with Gasteiger partial charge in [0, 0.05) is 43.1 Å². The molecular formula is C25H24Cl2N4O5S. The molecule has 12 heteroatoms. The van der Waals surface area contributed by atoms with E-state index in [2.05, 4.69) is 15.2 Å². The first kappa shape index (κ1) is 25.6. The fraction of sp³-hybridized carbons (Fsp3) is 0.360. The Labute approximate surface area is 226 Å². The number of hydrogen-bond acceptors (Lipinski definition) is 7. The highest BCUT2D eigenvalue weighted by atomic mass is 35.5. The molecule has 1 aliphatic heterocycles. The zero-order valence-electron chi connectivity index (χ0n) is 20.0. The van der Waals surface area contributed by atoms with Crippen LogP contribution < -0.4 is 10.2 Å². The molecule has 9 nitrogen and oxygen atoms in total. The normalized spacial score (nSPS) is 20.0. The minimum absolute atomic E-state index is 0.0407. The number of anilines is 1. The second-order valence-electron chi connectivity index (χ2n) is 9.16. The van der Waals surface area contributed by atoms with E-state index in [9.17, 15) is 14.4 Å². The van der Waals surface area contributed by atoms with Crippen molar-refractivity contribution in [1.29, 1.82) is 0 Å². The zero-order valence-corrected chi connectivity index (χ0v) is 22.3. The highest BCUT2D eigenvalue weighted by Gasteiger charge is 2.57. The molecule has 1 saturated carbocycles. The topological polar surface area (TPSA) is 125 Å². The van der Waals surface area contributed by atoms with Crippen LogP contribution in [0.15, 0.2) is 24.3 Å². The number of carboxylic acid groups (broad SMARTS) is 1. The summed E-state index contributed by atoms with van der Waals surface area (Å²) < 4.78 is 5.25. The van der Waals surface area contributed by atoms with Crippen molar-refractivity contribution in [2.75, 3.05) is 24.6 Å². The molecule has 3 heterocycles. The van der Waals surface area contributed by atoms with Gasteiger partial charge < -0.3 is 25.0 Å². The van der Waals surface area contributed by atoms with Crippen LogP contribution in [-0.2, 0) is 11.2 Å². The largest absolute Gasteiger partial charge is 0.478 e. The van der Waals surface area contributed by atoms with Crippen LogP contribution in [0.2, 0.25) is 10.0 Å². The molecule has 2 aliphatic rings. The fourth-order valence-corrected chi connectivity index (χ4v) is 6.17. The molecule has 0 bridgehead atoms. The fourth-order valence-electron chi connectivity index (χ4n) is 4.76. The van der Waals surface area contributed by atoms with E-state index in [1.807, 2.05) is 0 Å². The minimum Gasteiger partial charge on any atom is -0.478 e. The number of aryl methyl sites for hydroxylation is 1. The Hall–Kier alpha value is -3.08. The van der Waals surface area contributed by atoms with Gasteiger partial charge in [0.25, 0.3) is 5.91 Å². The number of thiazole rings is 1. The van der Waals surface area contributed by atoms with E-state index in [1.165, 1.54) is 23.5 Å². The number of aromatic carboxylic acids is 1. The number of carbonyl (C=O) groups is 3. The second kappa shape index (κ2) is 10.00. The molecule has 0 unspecified atom stereocenters. The summed E-state index contributed by atoms with van der Waals surface area (Å²) in [6, 6.07) is 6.56. The van der Waals surface area contributed by atoms with Gasteiger partial charge in [-0.15, -0.1) is 0 Å². The summed E-state index contributed by atoms with van der Waals surface area (Å²) in [5.41, 5.74) is 2.56. The first-order chi connectivity index (χ1) is 17.7. The number of benzene rings is 1. The van der Waals surface area contributed by atoms with Crippen molar-refractivity contribution in [2.45, 2.75) is 26.3 Å². The van der Waals surface area contributed by atoms with Gasteiger partial charge in [-0.2, -0.15) is 0 Å². The van der Waals surface area contributed by atoms with Gasteiger partial charge in [-0.1, -0.05) is 46.7 Å². The summed E-state index contributed by atoms with van der Waals surface area (Å²) in [4.78, 5) is 46.7. The lowest BCUT2D eigenvalue weighted by Crippen LogP contribution is -2.34. The SMILES string of the molecule is CCOC(=O)c1sc(N2C[C@@H]3[C@H](C2)[C@H]3NC(=O)c2[nH]c(C)c(Cl)c2Cl)nc1Cc1ccc(C(=O)O)cc1. The van der Waals surface area contributed by atoms with E-state index < -0.39 is 11.9 Å². The van der Waals surface area contributed by atoms with E-state index in [0.717, 1.165) is 10.7 Å². The third-order valence-corrected chi connectivity index (χ3v) is 8.85. The van der Waals surface area contributed by atoms with E-state index in [0.29, 0.717) is 40.8 Å². The van der Waals surface area contributed by atoms with E-state index in [1.54, 1.807) is 26.0 Å². The van der Waals surface area contributed by atoms with Crippen LogP contribution in [0.3, 0.4) is 0 Å². The first-order valence-corrected chi connectivity index (χ1v) is 13.3. The standard InChI is InChI=1S/C25H24Cl2N4O5S/c1-3-36-24(35)21-16(8-12-4-6-13(7-5-12)23(33)34)29-25(37-21)31-9-14-15(10-31)19(14)30-22(32)20-18(27)17(26)11(2)28-20/h4-7,14-15,19,28H,3,8-10H2,1-2H3,(H,30,32)(H,33,34)/t14-,15+,19+. The lowest BCUT2D eigenvalue weighted by Gasteiger charge is -2.19. The van der Waals surface area contributed by atoms with Gasteiger partial charge in [0.15, 0.2) is 5.13 Å². The van der Waals surface area contributed by atoms with Crippen molar-refractivity contribution in [3.05, 3.63) is 67.4 Å². The van der Waals surface area contributed by atoms with Crippen LogP contribution in [0.1, 0.15) is 54.4 Å². The van der Waals surface area contributed by atoms with E-state index in [4.69, 9.17) is 38.0 Å². The molecule has 3 atom stereocenters. The predicted molar refractivity (Wildman–Crippen MR) is 140 cm³/mol. The van der Waals surface area contributed by atoms with Crippen LogP contribution in [0.5, 0.6) is 0 Å². The summed E-state index contributed by atoms with van der Waals surface area (Å²) in [5.74, 6) is -1.14. The number of nitrogens with zero attached hydrogens (tertiary/aromatic N) is 2. The lowest BCUT2D eigenvalue weighted by atomic mass is 10.1. The molecule has 1 amide bonds. The Kier molecular flexibility index (Phi) is 6.91. The van der Waals surface area contributed by atoms with Crippen LogP contribution in [-0.4, -0.2) is 58.7 Å². The second-order valence-corrected chi connectivity index (χ2v) is 10.9. The number of hydrogen-bond donors (Lipinski definition) is 3. The molecular weight excluding hydrogens is 539 g/mol. The van der Waals surface area contributed by atoms with Gasteiger partial charge in [0.2, 0.25) is 0 Å². The molecule has 1 aliphatic carbocycles. The van der Waals surface area contributed by atoms with E-state index in [-0.39, 0.29) is 46.7 Å². The Bertz CT molecular complexity index is 1370. The number of ether oxygens (including phenoxy) is 1. The van der Waals surface area contributed by atoms with Crippen LogP contribution in [0.4, 0.5) is 5.13 Å². The molecule has 2 fully saturated rings. The van der Waals surface area contributed by atoms with Crippen LogP contribution in [0, 0.1) is 18.8 Å². The Morgan fingerprint density at radius 1 is 1.19 bits per heavy atom. The monoisotopic (exact) mass is 562 g/mol. The van der Waals surface area contributed by atoms with Crippen LogP contribution >= 0.6 is 34.5 Å². The summed E-state index contributed by atoms with van der Waals surface area (Å²) in [5, 5.41) is 13.5. The molecule has 3 N–H and O–H groups in total. The number of amides is 1. The van der Waals surface area contributed by atoms with Gasteiger partial charge in [-0.25, -0.2) is 14.6 Å². The number of fused-ring (bicyclic) bond motifs is 1. The zero-order chi connectivity index (χ0) is 26.4. The van der Waals surface area contributed by atoms with E-state index >= 15 is 0 Å². The number of esters is 1. The Morgan fingerprint density at radius 2 is 1.86 bits per heavy atom. The quantitative estimate of drug-likeness (QED) is 0.347. The summed E-state index contributed by atoms with van der Waals surface area (Å²) in [7, 11) is 0. The number of piperidine rings is 1. The number of carbonyl (C=O) groups excluding carboxylic acids is 2. The third kappa shape index (κ3) is 4.93. The number of aromatic nitrogens is 2. The molecule has 0 spiro atoms. The maximum Gasteiger partial charge on any atom is 0.350 e. The van der Waals surface area contributed by atoms with Crippen molar-refractivity contribution in [2.24, 2.45) is 11.8 Å². The maximum absolute atomic E-state index is 12.7. The smallest absolute Gasteiger partial charge is 0.350 e. The Morgan fingerprint density at radius 3 is 2.43 bits per heavy atom. The van der Waals surface area contributed by atoms with Gasteiger partial charge in [-0.3, -0.25) is 4.79 Å². The molecule has 1 saturated heterocycles. The van der Waals surface area contributed by atoms with Crippen LogP contribution in [0.25, 0.3) is 0 Å². The first-order valence-electron chi connectivity index (χ1n) is 11.8. The predicted octanol–water partition coefficient (Wildman–Crippen LogP) is 4.42. The number of rotatable bonds is 8. The molecule has 0 radical (unpaired) electrons. The number of carboxylic acids is 1. The lowest BCUT2D eigenvalue weighted by molar-refractivity contribution is 0.0530. The highest BCUT2D eigenvalue weighted by molar-refractivity contribution is 7.17. The molecule has 5 rings (SSSR count). The van der Waals surface area contributed by atoms with Gasteiger partial charge in [-0.05, 0) is 31.5 Å². The summed E-state index contributed by atoms with van der Waals surface area (Å²) in [6.45, 7) is 5.17. The number of aromatic amines is 1. The molecule has 1 aromatic carbocycles. The van der Waals surface area contributed by atoms with Crippen molar-refractivity contribution < 1.29 is 24.2 Å². The third-order valence-electron chi connectivity index (χ3n) is 6.76.